The highest BCUT2D eigenvalue weighted by Crippen LogP contribution is 2.37. The van der Waals surface area contributed by atoms with Gasteiger partial charge in [0.1, 0.15) is 0 Å². The van der Waals surface area contributed by atoms with E-state index < -0.39 is 0 Å². The number of aromatic nitrogens is 4. The number of pyridine rings is 2. The van der Waals surface area contributed by atoms with Crippen LogP contribution in [0.25, 0.3) is 88.4 Å². The van der Waals surface area contributed by atoms with E-state index in [9.17, 15) is 0 Å². The molecule has 0 amide bonds. The molecule has 0 atom stereocenters. The first-order valence-electron chi connectivity index (χ1n) is 24.8. The van der Waals surface area contributed by atoms with Gasteiger partial charge in [0, 0.05) is 80.0 Å². The number of aryl methyl sites for hydroxylation is 4. The van der Waals surface area contributed by atoms with Crippen molar-refractivity contribution in [3.05, 3.63) is 181 Å². The summed E-state index contributed by atoms with van der Waals surface area (Å²) < 4.78 is 4.88. The number of fused-ring (bicyclic) bond motifs is 6. The standard InChI is InChI=1S/C62H62N4/c1-5-9-13-43-17-29-59-55(33-43)56-34-44(14-10-6-2)18-30-60(56)65(59)53-25-21-47(22-26-53)49-37-51(41-63-39-49)52-38-50(40-64-42-52)48-23-27-54(28-24-48)66-61-31-19-45(15-11-7-3)35-57(61)58-36-46(16-12-8-4)20-32-62(58)66/h17-42H,5-16H2,1-4H3. The van der Waals surface area contributed by atoms with Crippen LogP contribution in [0.1, 0.15) is 101 Å². The third-order valence-corrected chi connectivity index (χ3v) is 13.8. The molecule has 6 aromatic carbocycles. The van der Waals surface area contributed by atoms with Gasteiger partial charge in [0.15, 0.2) is 0 Å². The van der Waals surface area contributed by atoms with Gasteiger partial charge in [-0.3, -0.25) is 9.97 Å². The summed E-state index contributed by atoms with van der Waals surface area (Å²) in [6.07, 6.45) is 22.0. The molecule has 10 aromatic rings. The molecular formula is C62H62N4. The van der Waals surface area contributed by atoms with Crippen LogP contribution in [0, 0.1) is 0 Å². The van der Waals surface area contributed by atoms with Crippen LogP contribution in [0.5, 0.6) is 0 Å². The Labute approximate surface area is 391 Å². The molecule has 4 heterocycles. The van der Waals surface area contributed by atoms with Crippen LogP contribution < -0.4 is 0 Å². The molecule has 4 aromatic heterocycles. The molecule has 0 unspecified atom stereocenters. The van der Waals surface area contributed by atoms with Crippen molar-refractivity contribution in [2.75, 3.05) is 0 Å². The minimum absolute atomic E-state index is 1.05. The third kappa shape index (κ3) is 8.58. The predicted molar refractivity (Wildman–Crippen MR) is 281 cm³/mol. The Balaban J connectivity index is 0.932. The van der Waals surface area contributed by atoms with Crippen LogP contribution in [-0.4, -0.2) is 19.1 Å². The first-order chi connectivity index (χ1) is 32.5. The summed E-state index contributed by atoms with van der Waals surface area (Å²) in [5.74, 6) is 0. The molecule has 0 saturated carbocycles. The third-order valence-electron chi connectivity index (χ3n) is 13.8. The van der Waals surface area contributed by atoms with E-state index in [1.807, 2.05) is 24.8 Å². The molecule has 0 saturated heterocycles. The van der Waals surface area contributed by atoms with Crippen LogP contribution in [0.4, 0.5) is 0 Å². The zero-order valence-corrected chi connectivity index (χ0v) is 39.3. The Kier molecular flexibility index (Phi) is 12.7. The van der Waals surface area contributed by atoms with Gasteiger partial charge in [0.25, 0.3) is 0 Å². The van der Waals surface area contributed by atoms with Gasteiger partial charge < -0.3 is 9.13 Å². The number of rotatable bonds is 17. The molecule has 66 heavy (non-hydrogen) atoms. The molecule has 10 rings (SSSR count). The second kappa shape index (κ2) is 19.4. The lowest BCUT2D eigenvalue weighted by Crippen LogP contribution is -1.95. The summed E-state index contributed by atoms with van der Waals surface area (Å²) in [5.41, 5.74) is 19.6. The van der Waals surface area contributed by atoms with Crippen molar-refractivity contribution < 1.29 is 0 Å². The van der Waals surface area contributed by atoms with Gasteiger partial charge in [-0.25, -0.2) is 0 Å². The molecule has 0 aliphatic carbocycles. The number of nitrogens with zero attached hydrogens (tertiary/aromatic N) is 4. The van der Waals surface area contributed by atoms with E-state index >= 15 is 0 Å². The van der Waals surface area contributed by atoms with E-state index in [0.29, 0.717) is 0 Å². The summed E-state index contributed by atoms with van der Waals surface area (Å²) in [6, 6.07) is 50.9. The first-order valence-corrected chi connectivity index (χ1v) is 24.8. The Morgan fingerprint density at radius 1 is 0.303 bits per heavy atom. The van der Waals surface area contributed by atoms with Gasteiger partial charge in [-0.1, -0.05) is 102 Å². The quantitative estimate of drug-likeness (QED) is 0.0914. The lowest BCUT2D eigenvalue weighted by atomic mass is 10.00. The fourth-order valence-electron chi connectivity index (χ4n) is 10.1. The molecule has 0 spiro atoms. The number of benzene rings is 6. The minimum atomic E-state index is 1.05. The zero-order valence-electron chi connectivity index (χ0n) is 39.3. The Hall–Kier alpha value is -6.78. The van der Waals surface area contributed by atoms with E-state index in [-0.39, 0.29) is 0 Å². The van der Waals surface area contributed by atoms with Gasteiger partial charge in [-0.05, 0) is 170 Å². The van der Waals surface area contributed by atoms with E-state index in [1.54, 1.807) is 0 Å². The van der Waals surface area contributed by atoms with Crippen molar-refractivity contribution >= 4 is 43.6 Å². The molecule has 0 N–H and O–H groups in total. The summed E-state index contributed by atoms with van der Waals surface area (Å²) in [5, 5.41) is 5.39. The molecule has 4 nitrogen and oxygen atoms in total. The normalized spacial score (nSPS) is 11.8. The van der Waals surface area contributed by atoms with E-state index in [0.717, 1.165) is 59.1 Å². The largest absolute Gasteiger partial charge is 0.309 e. The van der Waals surface area contributed by atoms with Gasteiger partial charge >= 0.3 is 0 Å². The van der Waals surface area contributed by atoms with E-state index in [2.05, 4.69) is 170 Å². The first kappa shape index (κ1) is 43.1. The van der Waals surface area contributed by atoms with Crippen molar-refractivity contribution in [3.8, 4) is 44.8 Å². The minimum Gasteiger partial charge on any atom is -0.309 e. The van der Waals surface area contributed by atoms with Gasteiger partial charge in [-0.15, -0.1) is 0 Å². The average Bonchev–Trinajstić information content (AvgIpc) is 3.87. The summed E-state index contributed by atoms with van der Waals surface area (Å²) in [6.45, 7) is 9.09. The molecule has 4 heteroatoms. The van der Waals surface area contributed by atoms with Crippen molar-refractivity contribution in [1.29, 1.82) is 0 Å². The van der Waals surface area contributed by atoms with Gasteiger partial charge in [0.2, 0.25) is 0 Å². The number of hydrogen-bond acceptors (Lipinski definition) is 2. The monoisotopic (exact) mass is 862 g/mol. The second-order valence-corrected chi connectivity index (χ2v) is 18.5. The maximum atomic E-state index is 4.75. The van der Waals surface area contributed by atoms with Crippen LogP contribution >= 0.6 is 0 Å². The fourth-order valence-corrected chi connectivity index (χ4v) is 10.1. The van der Waals surface area contributed by atoms with Crippen LogP contribution in [0.15, 0.2) is 158 Å². The molecule has 0 fully saturated rings. The van der Waals surface area contributed by atoms with Crippen LogP contribution in [0.2, 0.25) is 0 Å². The molecule has 0 aliphatic rings. The maximum absolute atomic E-state index is 4.75. The average molecular weight is 863 g/mol. The Morgan fingerprint density at radius 3 is 0.848 bits per heavy atom. The van der Waals surface area contributed by atoms with Crippen molar-refractivity contribution in [3.63, 3.8) is 0 Å². The lowest BCUT2D eigenvalue weighted by Gasteiger charge is -2.11. The smallest absolute Gasteiger partial charge is 0.0541 e. The Morgan fingerprint density at radius 2 is 0.576 bits per heavy atom. The molecular weight excluding hydrogens is 801 g/mol. The van der Waals surface area contributed by atoms with Crippen molar-refractivity contribution in [1.82, 2.24) is 19.1 Å². The molecule has 0 radical (unpaired) electrons. The van der Waals surface area contributed by atoms with Crippen LogP contribution in [0.3, 0.4) is 0 Å². The predicted octanol–water partition coefficient (Wildman–Crippen LogP) is 17.0. The van der Waals surface area contributed by atoms with E-state index in [4.69, 9.17) is 9.97 Å². The molecule has 330 valence electrons. The maximum Gasteiger partial charge on any atom is 0.0541 e. The van der Waals surface area contributed by atoms with Crippen molar-refractivity contribution in [2.24, 2.45) is 0 Å². The van der Waals surface area contributed by atoms with Gasteiger partial charge in [0.05, 0.1) is 22.1 Å². The fraction of sp³-hybridized carbons (Fsp3) is 0.258. The lowest BCUT2D eigenvalue weighted by molar-refractivity contribution is 0.795. The topological polar surface area (TPSA) is 35.6 Å². The Bertz CT molecular complexity index is 2940. The SMILES string of the molecule is CCCCc1ccc2c(c1)c1cc(CCCC)ccc1n2-c1ccc(-c2cncc(-c3cncc(-c4ccc(-n5c6ccc(CCCC)cc6c6cc(CCCC)ccc65)cc4)c3)c2)cc1. The van der Waals surface area contributed by atoms with Crippen LogP contribution in [-0.2, 0) is 25.7 Å². The molecule has 0 bridgehead atoms. The highest BCUT2D eigenvalue weighted by molar-refractivity contribution is 6.11. The highest BCUT2D eigenvalue weighted by Gasteiger charge is 2.17. The molecule has 0 aliphatic heterocycles. The second-order valence-electron chi connectivity index (χ2n) is 18.5. The summed E-state index contributed by atoms with van der Waals surface area (Å²) in [7, 11) is 0. The highest BCUT2D eigenvalue weighted by atomic mass is 15.0. The summed E-state index contributed by atoms with van der Waals surface area (Å²) in [4.78, 5) is 9.49. The number of hydrogen-bond donors (Lipinski definition) is 0. The van der Waals surface area contributed by atoms with Gasteiger partial charge in [-0.2, -0.15) is 0 Å². The van der Waals surface area contributed by atoms with Crippen molar-refractivity contribution in [2.45, 2.75) is 105 Å². The number of unbranched alkanes of at least 4 members (excludes halogenated alkanes) is 4. The zero-order chi connectivity index (χ0) is 45.0. The summed E-state index contributed by atoms with van der Waals surface area (Å²) >= 11 is 0. The van der Waals surface area contributed by atoms with E-state index in [1.165, 1.54) is 129 Å².